The summed E-state index contributed by atoms with van der Waals surface area (Å²) in [5, 5.41) is 5.30. The molecular formula is C20H22N2O4. The van der Waals surface area contributed by atoms with E-state index in [4.69, 9.17) is 4.74 Å². The molecule has 0 atom stereocenters. The summed E-state index contributed by atoms with van der Waals surface area (Å²) in [6.45, 7) is 0.290. The number of methoxy groups -OCH3 is 1. The van der Waals surface area contributed by atoms with Crippen molar-refractivity contribution in [2.24, 2.45) is 0 Å². The SMILES string of the molecule is COc1cccc(CNC(=O)CCC(=O)NCC(=O)c2ccccc2)c1. The summed E-state index contributed by atoms with van der Waals surface area (Å²) < 4.78 is 5.13. The summed E-state index contributed by atoms with van der Waals surface area (Å²) >= 11 is 0. The van der Waals surface area contributed by atoms with Gasteiger partial charge < -0.3 is 15.4 Å². The molecule has 0 radical (unpaired) electrons. The Morgan fingerprint density at radius 2 is 1.58 bits per heavy atom. The van der Waals surface area contributed by atoms with Crippen molar-refractivity contribution < 1.29 is 19.1 Å². The smallest absolute Gasteiger partial charge is 0.220 e. The van der Waals surface area contributed by atoms with E-state index in [-0.39, 0.29) is 37.0 Å². The van der Waals surface area contributed by atoms with Crippen molar-refractivity contribution in [2.75, 3.05) is 13.7 Å². The van der Waals surface area contributed by atoms with Crippen LogP contribution >= 0.6 is 0 Å². The molecule has 0 aliphatic heterocycles. The molecule has 0 aliphatic carbocycles. The Morgan fingerprint density at radius 3 is 2.27 bits per heavy atom. The molecule has 136 valence electrons. The maximum Gasteiger partial charge on any atom is 0.220 e. The van der Waals surface area contributed by atoms with Crippen LogP contribution in [0.15, 0.2) is 54.6 Å². The molecule has 2 aromatic rings. The van der Waals surface area contributed by atoms with Gasteiger partial charge in [0.15, 0.2) is 5.78 Å². The Labute approximate surface area is 152 Å². The average Bonchev–Trinajstić information content (AvgIpc) is 2.69. The van der Waals surface area contributed by atoms with Crippen LogP contribution in [-0.2, 0) is 16.1 Å². The van der Waals surface area contributed by atoms with Gasteiger partial charge in [0, 0.05) is 24.9 Å². The van der Waals surface area contributed by atoms with E-state index in [9.17, 15) is 14.4 Å². The minimum Gasteiger partial charge on any atom is -0.497 e. The van der Waals surface area contributed by atoms with Gasteiger partial charge in [-0.2, -0.15) is 0 Å². The topological polar surface area (TPSA) is 84.5 Å². The Kier molecular flexibility index (Phi) is 7.36. The Balaban J connectivity index is 1.66. The van der Waals surface area contributed by atoms with E-state index in [2.05, 4.69) is 10.6 Å². The second kappa shape index (κ2) is 9.98. The van der Waals surface area contributed by atoms with E-state index >= 15 is 0 Å². The number of hydrogen-bond donors (Lipinski definition) is 2. The zero-order chi connectivity index (χ0) is 18.8. The van der Waals surface area contributed by atoms with Crippen LogP contribution in [0.5, 0.6) is 5.75 Å². The molecule has 2 amide bonds. The Bertz CT molecular complexity index is 759. The van der Waals surface area contributed by atoms with Crippen molar-refractivity contribution in [2.45, 2.75) is 19.4 Å². The largest absolute Gasteiger partial charge is 0.497 e. The van der Waals surface area contributed by atoms with Crippen LogP contribution in [0.3, 0.4) is 0 Å². The predicted molar refractivity (Wildman–Crippen MR) is 97.9 cm³/mol. The van der Waals surface area contributed by atoms with Crippen LogP contribution in [0.25, 0.3) is 0 Å². The van der Waals surface area contributed by atoms with E-state index < -0.39 is 0 Å². The summed E-state index contributed by atoms with van der Waals surface area (Å²) in [4.78, 5) is 35.5. The molecule has 0 bridgehead atoms. The number of Topliss-reactive ketones (excluding diaryl/α,β-unsaturated/α-hetero) is 1. The lowest BCUT2D eigenvalue weighted by Gasteiger charge is -2.07. The van der Waals surface area contributed by atoms with Crippen molar-refractivity contribution in [3.05, 3.63) is 65.7 Å². The molecule has 0 fully saturated rings. The molecule has 6 heteroatoms. The maximum atomic E-state index is 11.9. The summed E-state index contributed by atoms with van der Waals surface area (Å²) in [6.07, 6.45) is 0.0986. The quantitative estimate of drug-likeness (QED) is 0.676. The number of carbonyl (C=O) groups is 3. The second-order valence-corrected chi connectivity index (χ2v) is 5.69. The average molecular weight is 354 g/mol. The highest BCUT2D eigenvalue weighted by atomic mass is 16.5. The van der Waals surface area contributed by atoms with E-state index in [1.54, 1.807) is 31.4 Å². The maximum absolute atomic E-state index is 11.9. The molecule has 0 saturated heterocycles. The van der Waals surface area contributed by atoms with Crippen molar-refractivity contribution in [3.8, 4) is 5.75 Å². The summed E-state index contributed by atoms with van der Waals surface area (Å²) in [7, 11) is 1.58. The minimum absolute atomic E-state index is 0.0337. The van der Waals surface area contributed by atoms with Crippen LogP contribution in [0.1, 0.15) is 28.8 Å². The van der Waals surface area contributed by atoms with E-state index in [1.165, 1.54) is 0 Å². The number of carbonyl (C=O) groups excluding carboxylic acids is 3. The van der Waals surface area contributed by atoms with Gasteiger partial charge in [-0.1, -0.05) is 42.5 Å². The monoisotopic (exact) mass is 354 g/mol. The number of hydrogen-bond acceptors (Lipinski definition) is 4. The number of ketones is 1. The molecule has 0 aliphatic rings. The molecular weight excluding hydrogens is 332 g/mol. The molecule has 2 rings (SSSR count). The first kappa shape index (κ1) is 19.2. The van der Waals surface area contributed by atoms with Crippen LogP contribution in [0.4, 0.5) is 0 Å². The van der Waals surface area contributed by atoms with Gasteiger partial charge >= 0.3 is 0 Å². The lowest BCUT2D eigenvalue weighted by Crippen LogP contribution is -2.31. The number of benzene rings is 2. The third-order valence-electron chi connectivity index (χ3n) is 3.74. The highest BCUT2D eigenvalue weighted by molar-refractivity contribution is 5.99. The van der Waals surface area contributed by atoms with Gasteiger partial charge in [-0.15, -0.1) is 0 Å². The molecule has 0 unspecified atom stereocenters. The normalized spacial score (nSPS) is 10.0. The molecule has 0 saturated carbocycles. The predicted octanol–water partition coefficient (Wildman–Crippen LogP) is 2.09. The van der Waals surface area contributed by atoms with Gasteiger partial charge in [0.1, 0.15) is 5.75 Å². The number of ether oxygens (including phenoxy) is 1. The Morgan fingerprint density at radius 1 is 0.885 bits per heavy atom. The van der Waals surface area contributed by atoms with E-state index in [0.717, 1.165) is 11.3 Å². The van der Waals surface area contributed by atoms with Gasteiger partial charge in [0.05, 0.1) is 13.7 Å². The first-order valence-electron chi connectivity index (χ1n) is 8.33. The highest BCUT2D eigenvalue weighted by Gasteiger charge is 2.10. The zero-order valence-corrected chi connectivity index (χ0v) is 14.7. The van der Waals surface area contributed by atoms with E-state index in [0.29, 0.717) is 12.1 Å². The second-order valence-electron chi connectivity index (χ2n) is 5.69. The van der Waals surface area contributed by atoms with Gasteiger partial charge in [0.2, 0.25) is 11.8 Å². The van der Waals surface area contributed by atoms with Crippen molar-refractivity contribution in [1.29, 1.82) is 0 Å². The van der Waals surface area contributed by atoms with Gasteiger partial charge in [-0.05, 0) is 17.7 Å². The molecule has 26 heavy (non-hydrogen) atoms. The zero-order valence-electron chi connectivity index (χ0n) is 14.7. The lowest BCUT2D eigenvalue weighted by molar-refractivity contribution is -0.126. The standard InChI is InChI=1S/C20H22N2O4/c1-26-17-9-5-6-15(12-17)13-21-19(24)10-11-20(25)22-14-18(23)16-7-3-2-4-8-16/h2-9,12H,10-11,13-14H2,1H3,(H,21,24)(H,22,25). The van der Waals surface area contributed by atoms with Crippen molar-refractivity contribution in [1.82, 2.24) is 10.6 Å². The van der Waals surface area contributed by atoms with Gasteiger partial charge in [-0.25, -0.2) is 0 Å². The van der Waals surface area contributed by atoms with Gasteiger partial charge in [-0.3, -0.25) is 14.4 Å². The third-order valence-corrected chi connectivity index (χ3v) is 3.74. The van der Waals surface area contributed by atoms with E-state index in [1.807, 2.05) is 30.3 Å². The molecule has 0 spiro atoms. The highest BCUT2D eigenvalue weighted by Crippen LogP contribution is 2.12. The molecule has 6 nitrogen and oxygen atoms in total. The van der Waals surface area contributed by atoms with Crippen LogP contribution < -0.4 is 15.4 Å². The fraction of sp³-hybridized carbons (Fsp3) is 0.250. The first-order valence-corrected chi connectivity index (χ1v) is 8.33. The van der Waals surface area contributed by atoms with Crippen molar-refractivity contribution in [3.63, 3.8) is 0 Å². The van der Waals surface area contributed by atoms with Crippen LogP contribution in [-0.4, -0.2) is 31.3 Å². The Hall–Kier alpha value is -3.15. The minimum atomic E-state index is -0.328. The molecule has 0 heterocycles. The van der Waals surface area contributed by atoms with Crippen LogP contribution in [0.2, 0.25) is 0 Å². The summed E-state index contributed by atoms with van der Waals surface area (Å²) in [6, 6.07) is 16.1. The summed E-state index contributed by atoms with van der Waals surface area (Å²) in [5.41, 5.74) is 1.46. The first-order chi connectivity index (χ1) is 12.6. The number of nitrogens with one attached hydrogen (secondary N) is 2. The van der Waals surface area contributed by atoms with Crippen molar-refractivity contribution >= 4 is 17.6 Å². The van der Waals surface area contributed by atoms with Gasteiger partial charge in [0.25, 0.3) is 0 Å². The van der Waals surface area contributed by atoms with Crippen LogP contribution in [0, 0.1) is 0 Å². The lowest BCUT2D eigenvalue weighted by atomic mass is 10.1. The molecule has 2 aromatic carbocycles. The number of amides is 2. The third kappa shape index (κ3) is 6.39. The molecule has 2 N–H and O–H groups in total. The summed E-state index contributed by atoms with van der Waals surface area (Å²) in [5.74, 6) is 0.00352. The molecule has 0 aromatic heterocycles. The fourth-order valence-corrected chi connectivity index (χ4v) is 2.29. The fourth-order valence-electron chi connectivity index (χ4n) is 2.29. The number of rotatable bonds is 9.